The Morgan fingerprint density at radius 1 is 1.00 bits per heavy atom. The summed E-state index contributed by atoms with van der Waals surface area (Å²) in [4.78, 5) is 12.5. The second-order valence-corrected chi connectivity index (χ2v) is 7.59. The molecule has 8 heteroatoms. The van der Waals surface area contributed by atoms with Gasteiger partial charge in [0.1, 0.15) is 11.4 Å². The Labute approximate surface area is 193 Å². The molecule has 0 spiro atoms. The van der Waals surface area contributed by atoms with Gasteiger partial charge in [-0.15, -0.1) is 0 Å². The van der Waals surface area contributed by atoms with Gasteiger partial charge in [-0.2, -0.15) is 5.10 Å². The van der Waals surface area contributed by atoms with Crippen molar-refractivity contribution in [2.24, 2.45) is 0 Å². The molecule has 3 rings (SSSR count). The highest BCUT2D eigenvalue weighted by Gasteiger charge is 2.12. The molecule has 1 amide bonds. The van der Waals surface area contributed by atoms with Crippen molar-refractivity contribution in [3.63, 3.8) is 0 Å². The molecule has 1 heterocycles. The van der Waals surface area contributed by atoms with Gasteiger partial charge >= 0.3 is 0 Å². The number of aromatic nitrogens is 2. The molecule has 0 unspecified atom stereocenters. The molecule has 0 aliphatic carbocycles. The Morgan fingerprint density at radius 3 is 2.38 bits per heavy atom. The van der Waals surface area contributed by atoms with E-state index in [1.165, 1.54) is 0 Å². The van der Waals surface area contributed by atoms with Crippen LogP contribution in [0.4, 0.5) is 0 Å². The van der Waals surface area contributed by atoms with Crippen molar-refractivity contribution in [2.75, 3.05) is 13.2 Å². The standard InChI is InChI=1S/C24H28ClN3O4/c1-5-30-21-8-7-18(13-22(21)31-6-2)14-26-24(29)20-9-10-28(27-20)15-32-19-11-16(3)23(25)17(4)12-19/h7-13H,5-6,14-15H2,1-4H3,(H,26,29). The van der Waals surface area contributed by atoms with E-state index in [-0.39, 0.29) is 12.6 Å². The molecule has 0 atom stereocenters. The third-order valence-corrected chi connectivity index (χ3v) is 5.30. The highest BCUT2D eigenvalue weighted by molar-refractivity contribution is 6.32. The number of hydrogen-bond acceptors (Lipinski definition) is 5. The summed E-state index contributed by atoms with van der Waals surface area (Å²) in [7, 11) is 0. The van der Waals surface area contributed by atoms with Crippen LogP contribution < -0.4 is 19.5 Å². The lowest BCUT2D eigenvalue weighted by Crippen LogP contribution is -2.23. The smallest absolute Gasteiger partial charge is 0.272 e. The van der Waals surface area contributed by atoms with Gasteiger partial charge in [-0.25, -0.2) is 4.68 Å². The van der Waals surface area contributed by atoms with Crippen molar-refractivity contribution in [3.8, 4) is 17.2 Å². The van der Waals surface area contributed by atoms with Crippen molar-refractivity contribution < 1.29 is 19.0 Å². The van der Waals surface area contributed by atoms with E-state index in [9.17, 15) is 4.79 Å². The van der Waals surface area contributed by atoms with Gasteiger partial charge in [0.05, 0.1) is 13.2 Å². The van der Waals surface area contributed by atoms with E-state index < -0.39 is 0 Å². The predicted octanol–water partition coefficient (Wildman–Crippen LogP) is 4.92. The number of ether oxygens (including phenoxy) is 3. The summed E-state index contributed by atoms with van der Waals surface area (Å²) in [5.74, 6) is 1.78. The summed E-state index contributed by atoms with van der Waals surface area (Å²) >= 11 is 6.19. The van der Waals surface area contributed by atoms with E-state index in [0.29, 0.717) is 42.7 Å². The monoisotopic (exact) mass is 457 g/mol. The maximum Gasteiger partial charge on any atom is 0.272 e. The molecule has 1 aromatic heterocycles. The molecule has 32 heavy (non-hydrogen) atoms. The first-order chi connectivity index (χ1) is 15.4. The normalized spacial score (nSPS) is 10.7. The van der Waals surface area contributed by atoms with E-state index in [2.05, 4.69) is 10.4 Å². The summed E-state index contributed by atoms with van der Waals surface area (Å²) in [5, 5.41) is 7.90. The number of benzene rings is 2. The van der Waals surface area contributed by atoms with Crippen LogP contribution in [-0.2, 0) is 13.3 Å². The van der Waals surface area contributed by atoms with Gasteiger partial charge in [0.25, 0.3) is 5.91 Å². The molecule has 7 nitrogen and oxygen atoms in total. The number of carbonyl (C=O) groups is 1. The largest absolute Gasteiger partial charge is 0.490 e. The first-order valence-electron chi connectivity index (χ1n) is 10.5. The van der Waals surface area contributed by atoms with Crippen LogP contribution >= 0.6 is 11.6 Å². The van der Waals surface area contributed by atoms with E-state index in [0.717, 1.165) is 21.7 Å². The van der Waals surface area contributed by atoms with Crippen LogP contribution in [-0.4, -0.2) is 28.9 Å². The minimum absolute atomic E-state index is 0.185. The predicted molar refractivity (Wildman–Crippen MR) is 124 cm³/mol. The van der Waals surface area contributed by atoms with Crippen LogP contribution in [0.3, 0.4) is 0 Å². The van der Waals surface area contributed by atoms with Gasteiger partial charge in [0, 0.05) is 17.8 Å². The molecule has 0 aliphatic heterocycles. The molecule has 0 saturated heterocycles. The average molecular weight is 458 g/mol. The maximum absolute atomic E-state index is 12.5. The number of amides is 1. The summed E-state index contributed by atoms with van der Waals surface area (Å²) in [6.45, 7) is 9.32. The topological polar surface area (TPSA) is 74.6 Å². The third-order valence-electron chi connectivity index (χ3n) is 4.71. The zero-order valence-electron chi connectivity index (χ0n) is 18.8. The Kier molecular flexibility index (Phi) is 8.00. The molecular weight excluding hydrogens is 430 g/mol. The molecule has 1 N–H and O–H groups in total. The number of halogens is 1. The lowest BCUT2D eigenvalue weighted by Gasteiger charge is -2.12. The molecule has 0 saturated carbocycles. The lowest BCUT2D eigenvalue weighted by molar-refractivity contribution is 0.0943. The van der Waals surface area contributed by atoms with Crippen molar-refractivity contribution >= 4 is 17.5 Å². The number of nitrogens with zero attached hydrogens (tertiary/aromatic N) is 2. The fourth-order valence-electron chi connectivity index (χ4n) is 3.16. The molecular formula is C24H28ClN3O4. The minimum Gasteiger partial charge on any atom is -0.490 e. The van der Waals surface area contributed by atoms with Crippen molar-refractivity contribution in [1.82, 2.24) is 15.1 Å². The molecule has 2 aromatic carbocycles. The van der Waals surface area contributed by atoms with Crippen LogP contribution in [0.15, 0.2) is 42.6 Å². The number of rotatable bonds is 10. The van der Waals surface area contributed by atoms with Gasteiger partial charge in [0.2, 0.25) is 0 Å². The van der Waals surface area contributed by atoms with Crippen molar-refractivity contribution in [1.29, 1.82) is 0 Å². The van der Waals surface area contributed by atoms with E-state index in [4.69, 9.17) is 25.8 Å². The van der Waals surface area contributed by atoms with E-state index in [1.54, 1.807) is 16.9 Å². The summed E-state index contributed by atoms with van der Waals surface area (Å²) < 4.78 is 18.6. The number of aryl methyl sites for hydroxylation is 2. The number of carbonyl (C=O) groups excluding carboxylic acids is 1. The quantitative estimate of drug-likeness (QED) is 0.468. The Balaban J connectivity index is 1.57. The van der Waals surface area contributed by atoms with Crippen LogP contribution in [0.1, 0.15) is 41.0 Å². The minimum atomic E-state index is -0.270. The second-order valence-electron chi connectivity index (χ2n) is 7.21. The van der Waals surface area contributed by atoms with Gasteiger partial charge in [-0.1, -0.05) is 17.7 Å². The first kappa shape index (κ1) is 23.5. The van der Waals surface area contributed by atoms with Gasteiger partial charge in [-0.05, 0) is 74.7 Å². The Hall–Kier alpha value is -3.19. The first-order valence-corrected chi connectivity index (χ1v) is 10.9. The Bertz CT molecular complexity index is 1060. The van der Waals surface area contributed by atoms with Gasteiger partial charge < -0.3 is 19.5 Å². The van der Waals surface area contributed by atoms with E-state index >= 15 is 0 Å². The highest BCUT2D eigenvalue weighted by Crippen LogP contribution is 2.28. The molecule has 0 bridgehead atoms. The maximum atomic E-state index is 12.5. The van der Waals surface area contributed by atoms with Crippen LogP contribution in [0.25, 0.3) is 0 Å². The molecule has 0 radical (unpaired) electrons. The highest BCUT2D eigenvalue weighted by atomic mass is 35.5. The number of hydrogen-bond donors (Lipinski definition) is 1. The summed E-state index contributed by atoms with van der Waals surface area (Å²) in [6.07, 6.45) is 1.70. The fourth-order valence-corrected chi connectivity index (χ4v) is 3.27. The SMILES string of the molecule is CCOc1ccc(CNC(=O)c2ccn(COc3cc(C)c(Cl)c(C)c3)n2)cc1OCC. The lowest BCUT2D eigenvalue weighted by atomic mass is 10.1. The summed E-state index contributed by atoms with van der Waals surface area (Å²) in [6, 6.07) is 11.0. The third kappa shape index (κ3) is 5.95. The fraction of sp³-hybridized carbons (Fsp3) is 0.333. The zero-order valence-corrected chi connectivity index (χ0v) is 19.5. The Morgan fingerprint density at radius 2 is 1.69 bits per heavy atom. The molecule has 0 aliphatic rings. The second kappa shape index (κ2) is 10.9. The van der Waals surface area contributed by atoms with Crippen LogP contribution in [0.2, 0.25) is 5.02 Å². The zero-order chi connectivity index (χ0) is 23.1. The molecule has 0 fully saturated rings. The number of nitrogens with one attached hydrogen (secondary N) is 1. The van der Waals surface area contributed by atoms with Crippen molar-refractivity contribution in [3.05, 3.63) is 70.0 Å². The van der Waals surface area contributed by atoms with Gasteiger partial charge in [0.15, 0.2) is 18.2 Å². The van der Waals surface area contributed by atoms with Crippen LogP contribution in [0, 0.1) is 13.8 Å². The van der Waals surface area contributed by atoms with Crippen LogP contribution in [0.5, 0.6) is 17.2 Å². The summed E-state index contributed by atoms with van der Waals surface area (Å²) in [5.41, 5.74) is 3.11. The molecule has 3 aromatic rings. The van der Waals surface area contributed by atoms with E-state index in [1.807, 2.05) is 58.0 Å². The van der Waals surface area contributed by atoms with Gasteiger partial charge in [-0.3, -0.25) is 4.79 Å². The average Bonchev–Trinajstić information content (AvgIpc) is 3.25. The van der Waals surface area contributed by atoms with Crippen molar-refractivity contribution in [2.45, 2.75) is 41.0 Å². The molecule has 170 valence electrons.